The van der Waals surface area contributed by atoms with Crippen LogP contribution in [0.5, 0.6) is 0 Å². The van der Waals surface area contributed by atoms with Crippen LogP contribution in [0.3, 0.4) is 0 Å². The highest BCUT2D eigenvalue weighted by atomic mass is 16.6. The standard InChI is InChI=1S/C16H21N3O4/c1-17-8-9-23-15(11-17)16(20)18(13-6-7-13)10-12-2-4-14(5-3-12)19(21)22/h2-5,13,15H,6-11H2,1H3/t15-/m1/s1. The van der Waals surface area contributed by atoms with Crippen molar-refractivity contribution in [2.24, 2.45) is 0 Å². The first-order valence-electron chi connectivity index (χ1n) is 7.88. The largest absolute Gasteiger partial charge is 0.366 e. The van der Waals surface area contributed by atoms with E-state index in [1.807, 2.05) is 11.9 Å². The monoisotopic (exact) mass is 319 g/mol. The van der Waals surface area contributed by atoms with Crippen molar-refractivity contribution in [3.05, 3.63) is 39.9 Å². The Morgan fingerprint density at radius 1 is 1.39 bits per heavy atom. The van der Waals surface area contributed by atoms with Crippen molar-refractivity contribution in [3.63, 3.8) is 0 Å². The molecule has 2 aliphatic rings. The van der Waals surface area contributed by atoms with E-state index in [-0.39, 0.29) is 17.6 Å². The van der Waals surface area contributed by atoms with Gasteiger partial charge in [0.2, 0.25) is 0 Å². The van der Waals surface area contributed by atoms with Gasteiger partial charge in [-0.05, 0) is 25.5 Å². The normalized spacial score (nSPS) is 21.9. The van der Waals surface area contributed by atoms with Gasteiger partial charge in [0.25, 0.3) is 11.6 Å². The zero-order valence-corrected chi connectivity index (χ0v) is 13.2. The van der Waals surface area contributed by atoms with Crippen LogP contribution in [0, 0.1) is 10.1 Å². The van der Waals surface area contributed by atoms with Gasteiger partial charge in [-0.25, -0.2) is 0 Å². The minimum absolute atomic E-state index is 0.0254. The molecule has 0 N–H and O–H groups in total. The molecule has 7 heteroatoms. The topological polar surface area (TPSA) is 75.9 Å². The van der Waals surface area contributed by atoms with Gasteiger partial charge in [0.1, 0.15) is 6.10 Å². The van der Waals surface area contributed by atoms with Crippen molar-refractivity contribution in [2.75, 3.05) is 26.7 Å². The molecule has 1 aliphatic heterocycles. The predicted octanol–water partition coefficient (Wildman–Crippen LogP) is 1.42. The zero-order valence-electron chi connectivity index (χ0n) is 13.2. The average molecular weight is 319 g/mol. The third-order valence-electron chi connectivity index (χ3n) is 4.32. The van der Waals surface area contributed by atoms with E-state index in [0.29, 0.717) is 19.7 Å². The van der Waals surface area contributed by atoms with E-state index >= 15 is 0 Å². The minimum Gasteiger partial charge on any atom is -0.366 e. The van der Waals surface area contributed by atoms with Gasteiger partial charge in [0, 0.05) is 37.8 Å². The van der Waals surface area contributed by atoms with Gasteiger partial charge in [0.05, 0.1) is 11.5 Å². The summed E-state index contributed by atoms with van der Waals surface area (Å²) in [5.41, 5.74) is 0.968. The van der Waals surface area contributed by atoms with Crippen molar-refractivity contribution in [1.29, 1.82) is 0 Å². The van der Waals surface area contributed by atoms with E-state index in [9.17, 15) is 14.9 Å². The minimum atomic E-state index is -0.417. The molecular weight excluding hydrogens is 298 g/mol. The lowest BCUT2D eigenvalue weighted by molar-refractivity contribution is -0.384. The van der Waals surface area contributed by atoms with Crippen LogP contribution in [-0.4, -0.2) is 59.5 Å². The molecule has 1 saturated heterocycles. The average Bonchev–Trinajstić information content (AvgIpc) is 3.37. The van der Waals surface area contributed by atoms with E-state index in [0.717, 1.165) is 24.9 Å². The summed E-state index contributed by atoms with van der Waals surface area (Å²) in [7, 11) is 1.99. The molecule has 23 heavy (non-hydrogen) atoms. The lowest BCUT2D eigenvalue weighted by Gasteiger charge is -2.33. The van der Waals surface area contributed by atoms with E-state index < -0.39 is 11.0 Å². The van der Waals surface area contributed by atoms with Gasteiger partial charge >= 0.3 is 0 Å². The van der Waals surface area contributed by atoms with Gasteiger partial charge < -0.3 is 14.5 Å². The molecule has 1 saturated carbocycles. The second kappa shape index (κ2) is 6.64. The first-order valence-corrected chi connectivity index (χ1v) is 7.88. The molecule has 0 bridgehead atoms. The second-order valence-electron chi connectivity index (χ2n) is 6.24. The Hall–Kier alpha value is -1.99. The molecule has 0 radical (unpaired) electrons. The van der Waals surface area contributed by atoms with E-state index in [1.54, 1.807) is 12.1 Å². The number of rotatable bonds is 5. The summed E-state index contributed by atoms with van der Waals surface area (Å²) in [6, 6.07) is 6.67. The van der Waals surface area contributed by atoms with Crippen LogP contribution in [0.25, 0.3) is 0 Å². The number of nitro benzene ring substituents is 1. The predicted molar refractivity (Wildman–Crippen MR) is 83.9 cm³/mol. The molecule has 1 aromatic carbocycles. The molecule has 2 fully saturated rings. The van der Waals surface area contributed by atoms with Crippen molar-refractivity contribution in [1.82, 2.24) is 9.80 Å². The number of nitrogens with zero attached hydrogens (tertiary/aromatic N) is 3. The van der Waals surface area contributed by atoms with Crippen molar-refractivity contribution in [2.45, 2.75) is 31.5 Å². The van der Waals surface area contributed by atoms with Crippen LogP contribution in [0.15, 0.2) is 24.3 Å². The van der Waals surface area contributed by atoms with Crippen molar-refractivity contribution >= 4 is 11.6 Å². The molecule has 7 nitrogen and oxygen atoms in total. The maximum atomic E-state index is 12.8. The van der Waals surface area contributed by atoms with E-state index in [2.05, 4.69) is 4.90 Å². The number of amides is 1. The fourth-order valence-electron chi connectivity index (χ4n) is 2.81. The molecule has 0 spiro atoms. The smallest absolute Gasteiger partial charge is 0.269 e. The van der Waals surface area contributed by atoms with Crippen LogP contribution in [0.4, 0.5) is 5.69 Å². The Kier molecular flexibility index (Phi) is 4.58. The fraction of sp³-hybridized carbons (Fsp3) is 0.562. The fourth-order valence-corrected chi connectivity index (χ4v) is 2.81. The number of hydrogen-bond acceptors (Lipinski definition) is 5. The summed E-state index contributed by atoms with van der Waals surface area (Å²) in [6.45, 7) is 2.51. The maximum Gasteiger partial charge on any atom is 0.269 e. The first-order chi connectivity index (χ1) is 11.0. The summed E-state index contributed by atoms with van der Waals surface area (Å²) >= 11 is 0. The van der Waals surface area contributed by atoms with E-state index in [1.165, 1.54) is 12.1 Å². The van der Waals surface area contributed by atoms with Gasteiger partial charge in [-0.15, -0.1) is 0 Å². The number of morpholine rings is 1. The lowest BCUT2D eigenvalue weighted by atomic mass is 10.1. The van der Waals surface area contributed by atoms with Crippen LogP contribution in [-0.2, 0) is 16.1 Å². The van der Waals surface area contributed by atoms with Crippen LogP contribution < -0.4 is 0 Å². The molecule has 124 valence electrons. The molecule has 1 heterocycles. The number of nitro groups is 1. The summed E-state index contributed by atoms with van der Waals surface area (Å²) in [5.74, 6) is 0.0254. The van der Waals surface area contributed by atoms with Gasteiger partial charge in [0.15, 0.2) is 0 Å². The van der Waals surface area contributed by atoms with Gasteiger partial charge in [-0.1, -0.05) is 12.1 Å². The third-order valence-corrected chi connectivity index (χ3v) is 4.32. The molecule has 0 aromatic heterocycles. The molecule has 1 atom stereocenters. The highest BCUT2D eigenvalue weighted by Gasteiger charge is 2.37. The molecule has 1 amide bonds. The molecule has 1 aliphatic carbocycles. The Labute approximate surface area is 135 Å². The molecule has 0 unspecified atom stereocenters. The number of ether oxygens (including phenoxy) is 1. The Balaban J connectivity index is 1.69. The Bertz CT molecular complexity index is 585. The highest BCUT2D eigenvalue weighted by molar-refractivity contribution is 5.82. The number of hydrogen-bond donors (Lipinski definition) is 0. The number of non-ortho nitro benzene ring substituents is 1. The second-order valence-corrected chi connectivity index (χ2v) is 6.24. The summed E-state index contributed by atoms with van der Waals surface area (Å²) in [5, 5.41) is 10.7. The quantitative estimate of drug-likeness (QED) is 0.606. The summed E-state index contributed by atoms with van der Waals surface area (Å²) in [4.78, 5) is 27.0. The van der Waals surface area contributed by atoms with Crippen LogP contribution in [0.1, 0.15) is 18.4 Å². The summed E-state index contributed by atoms with van der Waals surface area (Å²) < 4.78 is 5.64. The van der Waals surface area contributed by atoms with Crippen LogP contribution in [0.2, 0.25) is 0 Å². The molecule has 3 rings (SSSR count). The Morgan fingerprint density at radius 2 is 2.09 bits per heavy atom. The number of likely N-dealkylation sites (N-methyl/N-ethyl adjacent to an activating group) is 1. The number of carbonyl (C=O) groups is 1. The lowest BCUT2D eigenvalue weighted by Crippen LogP contribution is -2.50. The zero-order chi connectivity index (χ0) is 16.4. The highest BCUT2D eigenvalue weighted by Crippen LogP contribution is 2.30. The van der Waals surface area contributed by atoms with Crippen LogP contribution >= 0.6 is 0 Å². The SMILES string of the molecule is CN1CCO[C@@H](C(=O)N(Cc2ccc([N+](=O)[O-])cc2)C2CC2)C1. The number of carbonyl (C=O) groups excluding carboxylic acids is 1. The molecular formula is C16H21N3O4. The first kappa shape index (κ1) is 15.9. The maximum absolute atomic E-state index is 12.8. The van der Waals surface area contributed by atoms with Gasteiger partial charge in [-0.3, -0.25) is 14.9 Å². The summed E-state index contributed by atoms with van der Waals surface area (Å²) in [6.07, 6.45) is 1.62. The number of benzene rings is 1. The van der Waals surface area contributed by atoms with Crippen molar-refractivity contribution < 1.29 is 14.5 Å². The third kappa shape index (κ3) is 3.86. The van der Waals surface area contributed by atoms with Crippen molar-refractivity contribution in [3.8, 4) is 0 Å². The van der Waals surface area contributed by atoms with E-state index in [4.69, 9.17) is 4.74 Å². The van der Waals surface area contributed by atoms with Gasteiger partial charge in [-0.2, -0.15) is 0 Å². The Morgan fingerprint density at radius 3 is 2.65 bits per heavy atom. The molecule has 1 aromatic rings.